The van der Waals surface area contributed by atoms with Gasteiger partial charge in [0.15, 0.2) is 11.5 Å². The van der Waals surface area contributed by atoms with Crippen molar-refractivity contribution in [1.29, 1.82) is 0 Å². The molecule has 2 aromatic carbocycles. The first-order valence-electron chi connectivity index (χ1n) is 10.3. The predicted octanol–water partition coefficient (Wildman–Crippen LogP) is 4.98. The zero-order valence-corrected chi connectivity index (χ0v) is 16.6. The molecule has 1 aliphatic heterocycles. The Balaban J connectivity index is 1.39. The van der Waals surface area contributed by atoms with Gasteiger partial charge in [-0.1, -0.05) is 31.0 Å². The second-order valence-electron chi connectivity index (χ2n) is 8.08. The monoisotopic (exact) mass is 391 g/mol. The zero-order chi connectivity index (χ0) is 19.8. The molecule has 2 heterocycles. The number of carbonyl (C=O) groups is 1. The second-order valence-corrected chi connectivity index (χ2v) is 8.08. The van der Waals surface area contributed by atoms with Gasteiger partial charge in [0.1, 0.15) is 5.58 Å². The lowest BCUT2D eigenvalue weighted by Gasteiger charge is -2.29. The van der Waals surface area contributed by atoms with E-state index in [1.165, 1.54) is 12.8 Å². The number of carbonyl (C=O) groups excluding carboxylic acids is 1. The fourth-order valence-electron chi connectivity index (χ4n) is 4.46. The Kier molecular flexibility index (Phi) is 4.66. The molecular weight excluding hydrogens is 366 g/mol. The van der Waals surface area contributed by atoms with Crippen LogP contribution in [0.2, 0.25) is 0 Å². The number of aryl methyl sites for hydroxylation is 1. The Bertz CT molecular complexity index is 1050. The summed E-state index contributed by atoms with van der Waals surface area (Å²) in [6, 6.07) is 12.4. The van der Waals surface area contributed by atoms with Crippen molar-refractivity contribution in [2.45, 2.75) is 51.6 Å². The first kappa shape index (κ1) is 18.1. The summed E-state index contributed by atoms with van der Waals surface area (Å²) in [6.07, 6.45) is 6.60. The number of furan rings is 1. The van der Waals surface area contributed by atoms with Gasteiger partial charge in [0.2, 0.25) is 12.7 Å². The number of hydrogen-bond donors (Lipinski definition) is 0. The lowest BCUT2D eigenvalue weighted by atomic mass is 10.1. The second kappa shape index (κ2) is 7.47. The summed E-state index contributed by atoms with van der Waals surface area (Å²) in [6.45, 7) is 2.89. The highest BCUT2D eigenvalue weighted by Gasteiger charge is 2.28. The van der Waals surface area contributed by atoms with Crippen molar-refractivity contribution in [3.8, 4) is 11.5 Å². The van der Waals surface area contributed by atoms with Gasteiger partial charge in [-0.05, 0) is 49.1 Å². The standard InChI is InChI=1S/C24H25NO4/c1-16-6-8-20-18(14-27-22(20)10-16)12-24(26)25(19-4-2-3-5-19)13-17-7-9-21-23(11-17)29-15-28-21/h6-11,14,19H,2-5,12-13,15H2,1H3. The molecule has 1 fully saturated rings. The molecule has 29 heavy (non-hydrogen) atoms. The van der Waals surface area contributed by atoms with Gasteiger partial charge in [-0.25, -0.2) is 0 Å². The molecule has 0 N–H and O–H groups in total. The first-order chi connectivity index (χ1) is 14.2. The van der Waals surface area contributed by atoms with Gasteiger partial charge in [-0.2, -0.15) is 0 Å². The van der Waals surface area contributed by atoms with Crippen LogP contribution >= 0.6 is 0 Å². The number of nitrogens with zero attached hydrogens (tertiary/aromatic N) is 1. The van der Waals surface area contributed by atoms with Crippen LogP contribution in [0.15, 0.2) is 47.1 Å². The summed E-state index contributed by atoms with van der Waals surface area (Å²) in [5, 5.41) is 1.03. The van der Waals surface area contributed by atoms with E-state index in [4.69, 9.17) is 13.9 Å². The van der Waals surface area contributed by atoms with Gasteiger partial charge in [0, 0.05) is 23.5 Å². The van der Waals surface area contributed by atoms with Gasteiger partial charge in [-0.15, -0.1) is 0 Å². The molecule has 150 valence electrons. The van der Waals surface area contributed by atoms with Crippen LogP contribution in [-0.2, 0) is 17.8 Å². The quantitative estimate of drug-likeness (QED) is 0.615. The fraction of sp³-hybridized carbons (Fsp3) is 0.375. The third-order valence-electron chi connectivity index (χ3n) is 6.03. The van der Waals surface area contributed by atoms with Crippen molar-refractivity contribution in [3.05, 3.63) is 59.4 Å². The van der Waals surface area contributed by atoms with Crippen LogP contribution in [0.5, 0.6) is 11.5 Å². The molecule has 0 spiro atoms. The van der Waals surface area contributed by atoms with Crippen LogP contribution in [0, 0.1) is 6.92 Å². The number of hydrogen-bond acceptors (Lipinski definition) is 4. The predicted molar refractivity (Wildman–Crippen MR) is 110 cm³/mol. The highest BCUT2D eigenvalue weighted by Crippen LogP contribution is 2.34. The number of benzene rings is 2. The zero-order valence-electron chi connectivity index (χ0n) is 16.6. The molecule has 5 nitrogen and oxygen atoms in total. The van der Waals surface area contributed by atoms with E-state index < -0.39 is 0 Å². The number of fused-ring (bicyclic) bond motifs is 2. The number of amides is 1. The van der Waals surface area contributed by atoms with E-state index in [0.29, 0.717) is 19.0 Å². The van der Waals surface area contributed by atoms with E-state index in [1.54, 1.807) is 6.26 Å². The molecule has 0 bridgehead atoms. The lowest BCUT2D eigenvalue weighted by Crippen LogP contribution is -2.39. The van der Waals surface area contributed by atoms with Crippen LogP contribution < -0.4 is 9.47 Å². The maximum absolute atomic E-state index is 13.4. The third kappa shape index (κ3) is 3.57. The SMILES string of the molecule is Cc1ccc2c(CC(=O)N(Cc3ccc4c(c3)OCO4)C3CCCC3)coc2c1. The average molecular weight is 391 g/mol. The maximum Gasteiger partial charge on any atom is 0.231 e. The first-order valence-corrected chi connectivity index (χ1v) is 10.3. The Hall–Kier alpha value is -2.95. The summed E-state index contributed by atoms with van der Waals surface area (Å²) < 4.78 is 16.6. The van der Waals surface area contributed by atoms with Crippen molar-refractivity contribution < 1.29 is 18.7 Å². The summed E-state index contributed by atoms with van der Waals surface area (Å²) >= 11 is 0. The normalized spacial score (nSPS) is 15.9. The molecule has 0 unspecified atom stereocenters. The topological polar surface area (TPSA) is 51.9 Å². The molecule has 0 radical (unpaired) electrons. The molecule has 0 atom stereocenters. The molecule has 1 saturated carbocycles. The van der Waals surface area contributed by atoms with Crippen molar-refractivity contribution in [2.24, 2.45) is 0 Å². The molecule has 1 amide bonds. The van der Waals surface area contributed by atoms with E-state index in [2.05, 4.69) is 17.0 Å². The van der Waals surface area contributed by atoms with Crippen LogP contribution in [0.4, 0.5) is 0 Å². The minimum Gasteiger partial charge on any atom is -0.464 e. The molecule has 1 aromatic heterocycles. The van der Waals surface area contributed by atoms with Crippen LogP contribution in [-0.4, -0.2) is 23.6 Å². The Morgan fingerprint density at radius 3 is 2.76 bits per heavy atom. The summed E-state index contributed by atoms with van der Waals surface area (Å²) in [7, 11) is 0. The van der Waals surface area contributed by atoms with E-state index in [1.807, 2.05) is 31.2 Å². The van der Waals surface area contributed by atoms with Gasteiger partial charge in [-0.3, -0.25) is 4.79 Å². The van der Waals surface area contributed by atoms with Gasteiger partial charge < -0.3 is 18.8 Å². The van der Waals surface area contributed by atoms with Crippen molar-refractivity contribution in [2.75, 3.05) is 6.79 Å². The van der Waals surface area contributed by atoms with Crippen LogP contribution in [0.1, 0.15) is 42.4 Å². The highest BCUT2D eigenvalue weighted by atomic mass is 16.7. The minimum atomic E-state index is 0.151. The third-order valence-corrected chi connectivity index (χ3v) is 6.03. The Labute approximate surface area is 170 Å². The minimum absolute atomic E-state index is 0.151. The summed E-state index contributed by atoms with van der Waals surface area (Å²) in [5.74, 6) is 1.68. The smallest absolute Gasteiger partial charge is 0.231 e. The van der Waals surface area contributed by atoms with E-state index in [0.717, 1.165) is 52.0 Å². The van der Waals surface area contributed by atoms with Crippen molar-refractivity contribution in [1.82, 2.24) is 4.90 Å². The lowest BCUT2D eigenvalue weighted by molar-refractivity contribution is -0.133. The van der Waals surface area contributed by atoms with Crippen LogP contribution in [0.3, 0.4) is 0 Å². The molecule has 2 aliphatic rings. The van der Waals surface area contributed by atoms with Crippen LogP contribution in [0.25, 0.3) is 11.0 Å². The largest absolute Gasteiger partial charge is 0.464 e. The van der Waals surface area contributed by atoms with Crippen molar-refractivity contribution in [3.63, 3.8) is 0 Å². The summed E-state index contributed by atoms with van der Waals surface area (Å²) in [4.78, 5) is 15.4. The van der Waals surface area contributed by atoms with Gasteiger partial charge in [0.05, 0.1) is 12.7 Å². The summed E-state index contributed by atoms with van der Waals surface area (Å²) in [5.41, 5.74) is 4.02. The molecular formula is C24H25NO4. The maximum atomic E-state index is 13.4. The fourth-order valence-corrected chi connectivity index (χ4v) is 4.46. The molecule has 1 aliphatic carbocycles. The molecule has 3 aromatic rings. The highest BCUT2D eigenvalue weighted by molar-refractivity contribution is 5.88. The number of ether oxygens (including phenoxy) is 2. The van der Waals surface area contributed by atoms with Gasteiger partial charge >= 0.3 is 0 Å². The average Bonchev–Trinajstić information content (AvgIpc) is 3.46. The van der Waals surface area contributed by atoms with Crippen molar-refractivity contribution >= 4 is 16.9 Å². The molecule has 0 saturated heterocycles. The Morgan fingerprint density at radius 2 is 1.90 bits per heavy atom. The van der Waals surface area contributed by atoms with Gasteiger partial charge in [0.25, 0.3) is 0 Å². The van der Waals surface area contributed by atoms with E-state index in [-0.39, 0.29) is 12.7 Å². The van der Waals surface area contributed by atoms with E-state index in [9.17, 15) is 4.79 Å². The van der Waals surface area contributed by atoms with E-state index >= 15 is 0 Å². The molecule has 5 rings (SSSR count). The molecule has 5 heteroatoms. The number of rotatable bonds is 5. The Morgan fingerprint density at radius 1 is 1.07 bits per heavy atom.